The molecule has 0 saturated carbocycles. The van der Waals surface area contributed by atoms with E-state index in [4.69, 9.17) is 15.5 Å². The summed E-state index contributed by atoms with van der Waals surface area (Å²) in [5, 5.41) is 24.8. The Bertz CT molecular complexity index is 131. The van der Waals surface area contributed by atoms with Gasteiger partial charge in [0.05, 0.1) is 13.0 Å². The third-order valence-corrected chi connectivity index (χ3v) is 0.855. The molecule has 6 heteroatoms. The first-order valence-corrected chi connectivity index (χ1v) is 2.88. The predicted molar refractivity (Wildman–Crippen MR) is 32.5 cm³/mol. The van der Waals surface area contributed by atoms with Gasteiger partial charge in [-0.3, -0.25) is 4.79 Å². The molecule has 11 heavy (non-hydrogen) atoms. The SMILES string of the molecule is CC(O)(OO)OCCC(=O)O. The minimum Gasteiger partial charge on any atom is -0.481 e. The van der Waals surface area contributed by atoms with Gasteiger partial charge in [-0.2, -0.15) is 4.89 Å². The van der Waals surface area contributed by atoms with Gasteiger partial charge in [-0.15, -0.1) is 0 Å². The Morgan fingerprint density at radius 1 is 1.64 bits per heavy atom. The summed E-state index contributed by atoms with van der Waals surface area (Å²) in [7, 11) is 0. The fourth-order valence-corrected chi connectivity index (χ4v) is 0.354. The first-order chi connectivity index (χ1) is 4.98. The first kappa shape index (κ1) is 10.3. The van der Waals surface area contributed by atoms with Crippen molar-refractivity contribution in [2.45, 2.75) is 19.3 Å². The minimum absolute atomic E-state index is 0.233. The van der Waals surface area contributed by atoms with Gasteiger partial charge in [0.25, 0.3) is 0 Å². The van der Waals surface area contributed by atoms with Gasteiger partial charge in [0.1, 0.15) is 0 Å². The summed E-state index contributed by atoms with van der Waals surface area (Å²) in [4.78, 5) is 13.4. The molecule has 0 amide bonds. The van der Waals surface area contributed by atoms with E-state index >= 15 is 0 Å². The normalized spacial score (nSPS) is 15.9. The lowest BCUT2D eigenvalue weighted by atomic mass is 10.5. The zero-order valence-electron chi connectivity index (χ0n) is 5.98. The van der Waals surface area contributed by atoms with Crippen molar-refractivity contribution in [3.05, 3.63) is 0 Å². The van der Waals surface area contributed by atoms with E-state index in [0.29, 0.717) is 0 Å². The lowest BCUT2D eigenvalue weighted by molar-refractivity contribution is -0.472. The number of hydrogen-bond acceptors (Lipinski definition) is 5. The van der Waals surface area contributed by atoms with E-state index in [1.807, 2.05) is 0 Å². The number of carboxylic acids is 1. The highest BCUT2D eigenvalue weighted by atomic mass is 17.2. The van der Waals surface area contributed by atoms with Gasteiger partial charge < -0.3 is 14.9 Å². The first-order valence-electron chi connectivity index (χ1n) is 2.88. The molecule has 0 spiro atoms. The lowest BCUT2D eigenvalue weighted by Gasteiger charge is -2.18. The molecule has 3 N–H and O–H groups in total. The second-order valence-electron chi connectivity index (χ2n) is 1.98. The fourth-order valence-electron chi connectivity index (χ4n) is 0.354. The van der Waals surface area contributed by atoms with Gasteiger partial charge in [-0.1, -0.05) is 0 Å². The molecular weight excluding hydrogens is 156 g/mol. The van der Waals surface area contributed by atoms with Crippen LogP contribution >= 0.6 is 0 Å². The highest BCUT2D eigenvalue weighted by Gasteiger charge is 2.21. The molecule has 0 aliphatic rings. The molecule has 0 bridgehead atoms. The van der Waals surface area contributed by atoms with Gasteiger partial charge in [0.15, 0.2) is 0 Å². The molecule has 0 aromatic rings. The van der Waals surface area contributed by atoms with Gasteiger partial charge in [-0.05, 0) is 0 Å². The molecule has 0 heterocycles. The summed E-state index contributed by atoms with van der Waals surface area (Å²) in [6.07, 6.45) is -0.264. The molecule has 0 aliphatic carbocycles. The van der Waals surface area contributed by atoms with E-state index in [1.165, 1.54) is 0 Å². The standard InChI is InChI=1S/C5H10O6/c1-5(8,11-9)10-3-2-4(6)7/h8-9H,2-3H2,1H3,(H,6,7). The number of carbonyl (C=O) groups is 1. The average molecular weight is 166 g/mol. The molecule has 0 fully saturated rings. The second-order valence-corrected chi connectivity index (χ2v) is 1.98. The number of ether oxygens (including phenoxy) is 1. The topological polar surface area (TPSA) is 96.2 Å². The molecule has 66 valence electrons. The van der Waals surface area contributed by atoms with Crippen molar-refractivity contribution in [2.75, 3.05) is 6.61 Å². The van der Waals surface area contributed by atoms with Gasteiger partial charge in [0, 0.05) is 6.92 Å². The van der Waals surface area contributed by atoms with Crippen molar-refractivity contribution in [3.63, 3.8) is 0 Å². The van der Waals surface area contributed by atoms with Crippen LogP contribution in [0.5, 0.6) is 0 Å². The molecular formula is C5H10O6. The van der Waals surface area contributed by atoms with Gasteiger partial charge >= 0.3 is 11.9 Å². The monoisotopic (exact) mass is 166 g/mol. The molecule has 0 rings (SSSR count). The maximum atomic E-state index is 9.91. The number of hydrogen-bond donors (Lipinski definition) is 3. The van der Waals surface area contributed by atoms with Crippen LogP contribution in [-0.4, -0.2) is 34.0 Å². The Hall–Kier alpha value is -0.690. The number of carboxylic acid groups (broad SMARTS) is 1. The van der Waals surface area contributed by atoms with Gasteiger partial charge in [0.2, 0.25) is 0 Å². The Balaban J connectivity index is 3.45. The highest BCUT2D eigenvalue weighted by Crippen LogP contribution is 2.05. The second kappa shape index (κ2) is 4.24. The van der Waals surface area contributed by atoms with E-state index in [9.17, 15) is 4.79 Å². The quantitative estimate of drug-likeness (QED) is 0.293. The largest absolute Gasteiger partial charge is 0.481 e. The van der Waals surface area contributed by atoms with Crippen LogP contribution in [0.4, 0.5) is 0 Å². The van der Waals surface area contributed by atoms with E-state index in [1.54, 1.807) is 0 Å². The van der Waals surface area contributed by atoms with Crippen LogP contribution in [0.2, 0.25) is 0 Å². The van der Waals surface area contributed by atoms with Crippen LogP contribution < -0.4 is 0 Å². The fraction of sp³-hybridized carbons (Fsp3) is 0.800. The number of rotatable bonds is 5. The smallest absolute Gasteiger partial charge is 0.306 e. The average Bonchev–Trinajstić information content (AvgIpc) is 1.87. The molecule has 0 radical (unpaired) electrons. The third kappa shape index (κ3) is 5.74. The Kier molecular flexibility index (Phi) is 3.98. The van der Waals surface area contributed by atoms with Crippen LogP contribution in [0.1, 0.15) is 13.3 Å². The number of aliphatic hydroxyl groups is 1. The molecule has 0 aromatic carbocycles. The predicted octanol–water partition coefficient (Wildman–Crippen LogP) is -0.367. The van der Waals surface area contributed by atoms with Crippen LogP contribution in [0.15, 0.2) is 0 Å². The van der Waals surface area contributed by atoms with Crippen molar-refractivity contribution in [3.8, 4) is 0 Å². The zero-order chi connectivity index (χ0) is 8.91. The zero-order valence-corrected chi connectivity index (χ0v) is 5.98. The lowest BCUT2D eigenvalue weighted by Crippen LogP contribution is -2.31. The summed E-state index contributed by atoms with van der Waals surface area (Å²) < 4.78 is 4.39. The molecule has 0 saturated heterocycles. The maximum absolute atomic E-state index is 9.91. The maximum Gasteiger partial charge on any atom is 0.306 e. The molecule has 1 atom stereocenters. The summed E-state index contributed by atoms with van der Waals surface area (Å²) in [6.45, 7) is 0.803. The molecule has 0 aliphatic heterocycles. The molecule has 0 aromatic heterocycles. The van der Waals surface area contributed by atoms with E-state index < -0.39 is 11.9 Å². The van der Waals surface area contributed by atoms with Crippen LogP contribution in [-0.2, 0) is 14.4 Å². The van der Waals surface area contributed by atoms with Crippen molar-refractivity contribution >= 4 is 5.97 Å². The van der Waals surface area contributed by atoms with E-state index in [0.717, 1.165) is 6.92 Å². The highest BCUT2D eigenvalue weighted by molar-refractivity contribution is 5.66. The third-order valence-electron chi connectivity index (χ3n) is 0.855. The summed E-state index contributed by atoms with van der Waals surface area (Å²) in [6, 6.07) is 0. The Morgan fingerprint density at radius 2 is 2.18 bits per heavy atom. The van der Waals surface area contributed by atoms with E-state index in [-0.39, 0.29) is 13.0 Å². The van der Waals surface area contributed by atoms with Crippen LogP contribution in [0.25, 0.3) is 0 Å². The van der Waals surface area contributed by atoms with Gasteiger partial charge in [-0.25, -0.2) is 5.26 Å². The Morgan fingerprint density at radius 3 is 2.55 bits per heavy atom. The molecule has 6 nitrogen and oxygen atoms in total. The van der Waals surface area contributed by atoms with Crippen molar-refractivity contribution < 1.29 is 29.9 Å². The minimum atomic E-state index is -2.13. The summed E-state index contributed by atoms with van der Waals surface area (Å²) >= 11 is 0. The van der Waals surface area contributed by atoms with Crippen molar-refractivity contribution in [1.82, 2.24) is 0 Å². The Labute approximate surface area is 62.9 Å². The number of aliphatic carboxylic acids is 1. The van der Waals surface area contributed by atoms with Crippen LogP contribution in [0.3, 0.4) is 0 Å². The van der Waals surface area contributed by atoms with Crippen molar-refractivity contribution in [1.29, 1.82) is 0 Å². The summed E-state index contributed by atoms with van der Waals surface area (Å²) in [5.41, 5.74) is 0. The van der Waals surface area contributed by atoms with Crippen LogP contribution in [0, 0.1) is 0 Å². The summed E-state index contributed by atoms with van der Waals surface area (Å²) in [5.74, 6) is -3.19. The molecule has 1 unspecified atom stereocenters. The van der Waals surface area contributed by atoms with Crippen molar-refractivity contribution in [2.24, 2.45) is 0 Å². The van der Waals surface area contributed by atoms with E-state index in [2.05, 4.69) is 9.62 Å².